The van der Waals surface area contributed by atoms with Crippen molar-refractivity contribution in [2.45, 2.75) is 26.2 Å². The number of nitrogens with two attached hydrogens (primary N) is 1. The molecule has 1 saturated carbocycles. The Morgan fingerprint density at radius 2 is 2.18 bits per heavy atom. The van der Waals surface area contributed by atoms with Gasteiger partial charge in [-0.15, -0.1) is 0 Å². The standard InChI is InChI=1S/C14H21NO2/c1-11-3-2-4-13(7-8-15)14(11)17-10-16-9-12-5-6-12/h2-4,12H,5-10,15H2,1H3. The lowest BCUT2D eigenvalue weighted by molar-refractivity contribution is 0.00910. The first kappa shape index (κ1) is 12.4. The molecule has 2 rings (SSSR count). The second-order valence-corrected chi connectivity index (χ2v) is 4.68. The number of hydrogen-bond acceptors (Lipinski definition) is 3. The number of rotatable bonds is 7. The van der Waals surface area contributed by atoms with Crippen LogP contribution in [0.25, 0.3) is 0 Å². The summed E-state index contributed by atoms with van der Waals surface area (Å²) in [6.45, 7) is 3.87. The highest BCUT2D eigenvalue weighted by atomic mass is 16.7. The van der Waals surface area contributed by atoms with Crippen LogP contribution in [-0.2, 0) is 11.2 Å². The molecule has 1 aliphatic carbocycles. The Bertz CT molecular complexity index is 361. The minimum atomic E-state index is 0.346. The van der Waals surface area contributed by atoms with Gasteiger partial charge in [0, 0.05) is 0 Å². The highest BCUT2D eigenvalue weighted by molar-refractivity contribution is 5.40. The summed E-state index contributed by atoms with van der Waals surface area (Å²) in [5.74, 6) is 1.72. The van der Waals surface area contributed by atoms with Crippen molar-refractivity contribution in [2.75, 3.05) is 19.9 Å². The van der Waals surface area contributed by atoms with Crippen LogP contribution in [0.4, 0.5) is 0 Å². The monoisotopic (exact) mass is 235 g/mol. The molecule has 0 aliphatic heterocycles. The van der Waals surface area contributed by atoms with Crippen molar-refractivity contribution in [1.82, 2.24) is 0 Å². The predicted molar refractivity (Wildman–Crippen MR) is 68.1 cm³/mol. The van der Waals surface area contributed by atoms with Gasteiger partial charge in [-0.3, -0.25) is 0 Å². The van der Waals surface area contributed by atoms with E-state index in [1.165, 1.54) is 18.4 Å². The van der Waals surface area contributed by atoms with E-state index in [-0.39, 0.29) is 0 Å². The molecule has 1 fully saturated rings. The lowest BCUT2D eigenvalue weighted by Gasteiger charge is -2.13. The molecule has 2 N–H and O–H groups in total. The molecule has 0 spiro atoms. The van der Waals surface area contributed by atoms with Crippen molar-refractivity contribution in [2.24, 2.45) is 11.7 Å². The number of aryl methyl sites for hydroxylation is 1. The van der Waals surface area contributed by atoms with Gasteiger partial charge in [0.25, 0.3) is 0 Å². The Labute approximate surface area is 103 Å². The van der Waals surface area contributed by atoms with E-state index in [4.69, 9.17) is 15.2 Å². The van der Waals surface area contributed by atoms with E-state index in [2.05, 4.69) is 19.1 Å². The van der Waals surface area contributed by atoms with Gasteiger partial charge in [0.15, 0.2) is 6.79 Å². The van der Waals surface area contributed by atoms with E-state index in [9.17, 15) is 0 Å². The topological polar surface area (TPSA) is 44.5 Å². The summed E-state index contributed by atoms with van der Waals surface area (Å²) >= 11 is 0. The second kappa shape index (κ2) is 6.03. The quantitative estimate of drug-likeness (QED) is 0.582. The van der Waals surface area contributed by atoms with Crippen molar-refractivity contribution < 1.29 is 9.47 Å². The summed E-state index contributed by atoms with van der Waals surface area (Å²) < 4.78 is 11.2. The van der Waals surface area contributed by atoms with E-state index in [0.29, 0.717) is 13.3 Å². The molecule has 0 saturated heterocycles. The third-order valence-electron chi connectivity index (χ3n) is 3.04. The molecule has 0 radical (unpaired) electrons. The molecule has 3 heteroatoms. The molecule has 1 aliphatic rings. The Hall–Kier alpha value is -1.06. The summed E-state index contributed by atoms with van der Waals surface area (Å²) in [7, 11) is 0. The zero-order valence-electron chi connectivity index (χ0n) is 10.4. The predicted octanol–water partition coefficient (Wildman–Crippen LogP) is 2.26. The fourth-order valence-electron chi connectivity index (χ4n) is 1.87. The zero-order valence-corrected chi connectivity index (χ0v) is 10.4. The van der Waals surface area contributed by atoms with Gasteiger partial charge >= 0.3 is 0 Å². The van der Waals surface area contributed by atoms with E-state index in [0.717, 1.165) is 30.3 Å². The molecule has 1 aromatic rings. The maximum absolute atomic E-state index is 5.72. The molecule has 17 heavy (non-hydrogen) atoms. The maximum atomic E-state index is 5.72. The Morgan fingerprint density at radius 3 is 2.88 bits per heavy atom. The van der Waals surface area contributed by atoms with E-state index >= 15 is 0 Å². The number of benzene rings is 1. The van der Waals surface area contributed by atoms with Gasteiger partial charge in [-0.2, -0.15) is 0 Å². The molecule has 1 aromatic carbocycles. The van der Waals surface area contributed by atoms with Crippen LogP contribution in [0.3, 0.4) is 0 Å². The summed E-state index contributed by atoms with van der Waals surface area (Å²) in [5.41, 5.74) is 7.91. The third kappa shape index (κ3) is 3.72. The average molecular weight is 235 g/mol. The van der Waals surface area contributed by atoms with Crippen LogP contribution >= 0.6 is 0 Å². The minimum absolute atomic E-state index is 0.346. The van der Waals surface area contributed by atoms with E-state index in [1.54, 1.807) is 0 Å². The maximum Gasteiger partial charge on any atom is 0.189 e. The normalized spacial score (nSPS) is 14.9. The van der Waals surface area contributed by atoms with Crippen molar-refractivity contribution in [3.63, 3.8) is 0 Å². The molecular formula is C14H21NO2. The Balaban J connectivity index is 1.87. The molecule has 94 valence electrons. The fraction of sp³-hybridized carbons (Fsp3) is 0.571. The summed E-state index contributed by atoms with van der Waals surface area (Å²) in [6.07, 6.45) is 3.46. The van der Waals surface area contributed by atoms with Crippen LogP contribution in [-0.4, -0.2) is 19.9 Å². The van der Waals surface area contributed by atoms with Gasteiger partial charge < -0.3 is 15.2 Å². The molecule has 0 atom stereocenters. The van der Waals surface area contributed by atoms with Gasteiger partial charge in [-0.05, 0) is 49.8 Å². The zero-order chi connectivity index (χ0) is 12.1. The van der Waals surface area contributed by atoms with Crippen LogP contribution in [0.15, 0.2) is 18.2 Å². The van der Waals surface area contributed by atoms with E-state index in [1.807, 2.05) is 6.07 Å². The smallest absolute Gasteiger partial charge is 0.189 e. The first-order valence-electron chi connectivity index (χ1n) is 6.30. The van der Waals surface area contributed by atoms with Gasteiger partial charge in [-0.1, -0.05) is 18.2 Å². The molecule has 0 heterocycles. The molecule has 0 bridgehead atoms. The van der Waals surface area contributed by atoms with Gasteiger partial charge in [0.2, 0.25) is 0 Å². The SMILES string of the molecule is Cc1cccc(CCN)c1OCOCC1CC1. The van der Waals surface area contributed by atoms with E-state index < -0.39 is 0 Å². The number of hydrogen-bond donors (Lipinski definition) is 1. The Morgan fingerprint density at radius 1 is 1.35 bits per heavy atom. The Kier molecular flexibility index (Phi) is 4.40. The second-order valence-electron chi connectivity index (χ2n) is 4.68. The summed E-state index contributed by atoms with van der Waals surface area (Å²) in [5, 5.41) is 0. The summed E-state index contributed by atoms with van der Waals surface area (Å²) in [4.78, 5) is 0. The molecular weight excluding hydrogens is 214 g/mol. The first-order valence-corrected chi connectivity index (χ1v) is 6.30. The summed E-state index contributed by atoms with van der Waals surface area (Å²) in [6, 6.07) is 6.16. The minimum Gasteiger partial charge on any atom is -0.467 e. The van der Waals surface area contributed by atoms with Gasteiger partial charge in [-0.25, -0.2) is 0 Å². The van der Waals surface area contributed by atoms with Crippen molar-refractivity contribution in [3.05, 3.63) is 29.3 Å². The lowest BCUT2D eigenvalue weighted by atomic mass is 10.1. The highest BCUT2D eigenvalue weighted by Gasteiger charge is 2.21. The third-order valence-corrected chi connectivity index (χ3v) is 3.04. The molecule has 3 nitrogen and oxygen atoms in total. The van der Waals surface area contributed by atoms with Gasteiger partial charge in [0.05, 0.1) is 6.61 Å². The van der Waals surface area contributed by atoms with Crippen molar-refractivity contribution >= 4 is 0 Å². The van der Waals surface area contributed by atoms with Crippen LogP contribution in [0, 0.1) is 12.8 Å². The largest absolute Gasteiger partial charge is 0.467 e. The first-order chi connectivity index (χ1) is 8.31. The fourth-order valence-corrected chi connectivity index (χ4v) is 1.87. The van der Waals surface area contributed by atoms with Crippen LogP contribution in [0.5, 0.6) is 5.75 Å². The molecule has 0 unspecified atom stereocenters. The molecule has 0 aromatic heterocycles. The average Bonchev–Trinajstić information content (AvgIpc) is 3.11. The number of para-hydroxylation sites is 1. The highest BCUT2D eigenvalue weighted by Crippen LogP contribution is 2.29. The van der Waals surface area contributed by atoms with Crippen LogP contribution < -0.4 is 10.5 Å². The van der Waals surface area contributed by atoms with Crippen molar-refractivity contribution in [3.8, 4) is 5.75 Å². The van der Waals surface area contributed by atoms with Crippen molar-refractivity contribution in [1.29, 1.82) is 0 Å². The van der Waals surface area contributed by atoms with Crippen LogP contribution in [0.2, 0.25) is 0 Å². The molecule has 0 amide bonds. The van der Waals surface area contributed by atoms with Crippen LogP contribution in [0.1, 0.15) is 24.0 Å². The van der Waals surface area contributed by atoms with Gasteiger partial charge in [0.1, 0.15) is 5.75 Å². The number of ether oxygens (including phenoxy) is 2. The lowest BCUT2D eigenvalue weighted by Crippen LogP contribution is -2.09.